The van der Waals surface area contributed by atoms with E-state index in [0.29, 0.717) is 11.3 Å². The highest BCUT2D eigenvalue weighted by Gasteiger charge is 2.17. The molecule has 6 heteroatoms. The number of amides is 1. The Labute approximate surface area is 192 Å². The zero-order chi connectivity index (χ0) is 23.4. The van der Waals surface area contributed by atoms with Gasteiger partial charge in [-0.05, 0) is 93.1 Å². The maximum absolute atomic E-state index is 13.5. The largest absolute Gasteiger partial charge is 0.322 e. The summed E-state index contributed by atoms with van der Waals surface area (Å²) in [7, 11) is 0. The molecule has 4 aromatic rings. The number of halogens is 1. The van der Waals surface area contributed by atoms with Crippen LogP contribution in [0.2, 0.25) is 0 Å². The van der Waals surface area contributed by atoms with Gasteiger partial charge in [-0.1, -0.05) is 12.1 Å². The average molecular weight is 441 g/mol. The molecule has 3 aromatic carbocycles. The highest BCUT2D eigenvalue weighted by atomic mass is 19.1. The molecule has 0 atom stereocenters. The van der Waals surface area contributed by atoms with E-state index >= 15 is 0 Å². The van der Waals surface area contributed by atoms with Crippen LogP contribution in [0.4, 0.5) is 21.5 Å². The molecular formula is C27H25FN4O. The van der Waals surface area contributed by atoms with Crippen molar-refractivity contribution in [2.75, 3.05) is 10.2 Å². The van der Waals surface area contributed by atoms with E-state index in [0.717, 1.165) is 28.3 Å². The van der Waals surface area contributed by atoms with Gasteiger partial charge >= 0.3 is 0 Å². The molecule has 0 aliphatic carbocycles. The van der Waals surface area contributed by atoms with Crippen molar-refractivity contribution in [1.29, 1.82) is 0 Å². The first-order chi connectivity index (χ1) is 16.0. The second kappa shape index (κ2) is 9.53. The van der Waals surface area contributed by atoms with Gasteiger partial charge in [0.15, 0.2) is 0 Å². The first kappa shape index (κ1) is 22.0. The van der Waals surface area contributed by atoms with Gasteiger partial charge in [-0.25, -0.2) is 9.07 Å². The summed E-state index contributed by atoms with van der Waals surface area (Å²) in [6.07, 6.45) is 5.56. The van der Waals surface area contributed by atoms with Crippen LogP contribution in [0.25, 0.3) is 5.69 Å². The summed E-state index contributed by atoms with van der Waals surface area (Å²) in [5.41, 5.74) is 5.78. The normalized spacial score (nSPS) is 11.3. The minimum Gasteiger partial charge on any atom is -0.322 e. The van der Waals surface area contributed by atoms with Crippen LogP contribution in [0.15, 0.2) is 97.0 Å². The van der Waals surface area contributed by atoms with Crippen LogP contribution < -0.4 is 10.2 Å². The van der Waals surface area contributed by atoms with Gasteiger partial charge in [-0.15, -0.1) is 0 Å². The van der Waals surface area contributed by atoms with E-state index < -0.39 is 0 Å². The molecule has 0 saturated carbocycles. The molecule has 1 heterocycles. The summed E-state index contributed by atoms with van der Waals surface area (Å²) in [5, 5.41) is 7.16. The minimum atomic E-state index is -0.291. The number of aryl methyl sites for hydroxylation is 1. The molecule has 1 N–H and O–H groups in total. The Kier molecular flexibility index (Phi) is 6.36. The van der Waals surface area contributed by atoms with Crippen molar-refractivity contribution < 1.29 is 9.18 Å². The van der Waals surface area contributed by atoms with Gasteiger partial charge in [0.1, 0.15) is 5.82 Å². The molecule has 5 nitrogen and oxygen atoms in total. The fourth-order valence-corrected chi connectivity index (χ4v) is 3.57. The van der Waals surface area contributed by atoms with Crippen LogP contribution in [-0.4, -0.2) is 15.7 Å². The van der Waals surface area contributed by atoms with Crippen molar-refractivity contribution in [3.05, 3.63) is 114 Å². The fraction of sp³-hybridized carbons (Fsp3) is 0.111. The minimum absolute atomic E-state index is 0.208. The van der Waals surface area contributed by atoms with E-state index in [1.807, 2.05) is 80.4 Å². The number of carbonyl (C=O) groups excluding carboxylic acids is 1. The summed E-state index contributed by atoms with van der Waals surface area (Å²) in [6, 6.07) is 21.3. The third-order valence-electron chi connectivity index (χ3n) is 5.46. The molecule has 0 saturated heterocycles. The average Bonchev–Trinajstić information content (AvgIpc) is 3.37. The summed E-state index contributed by atoms with van der Waals surface area (Å²) >= 11 is 0. The number of carbonyl (C=O) groups is 1. The van der Waals surface area contributed by atoms with Crippen molar-refractivity contribution in [3.8, 4) is 5.69 Å². The topological polar surface area (TPSA) is 50.2 Å². The van der Waals surface area contributed by atoms with Gasteiger partial charge in [0.2, 0.25) is 0 Å². The van der Waals surface area contributed by atoms with Crippen LogP contribution in [0.3, 0.4) is 0 Å². The monoisotopic (exact) mass is 440 g/mol. The second-order valence-electron chi connectivity index (χ2n) is 7.69. The van der Waals surface area contributed by atoms with Crippen molar-refractivity contribution in [3.63, 3.8) is 0 Å². The number of hydrogen-bond acceptors (Lipinski definition) is 3. The Morgan fingerprint density at radius 2 is 1.79 bits per heavy atom. The number of benzene rings is 3. The molecular weight excluding hydrogens is 415 g/mol. The molecule has 33 heavy (non-hydrogen) atoms. The smallest absolute Gasteiger partial charge is 0.255 e. The number of rotatable bonds is 6. The molecule has 0 aliphatic rings. The van der Waals surface area contributed by atoms with Crippen LogP contribution in [0, 0.1) is 12.7 Å². The summed E-state index contributed by atoms with van der Waals surface area (Å²) in [4.78, 5) is 15.0. The number of nitrogens with zero attached hydrogens (tertiary/aromatic N) is 3. The lowest BCUT2D eigenvalue weighted by Gasteiger charge is -2.28. The Bertz CT molecular complexity index is 1280. The predicted octanol–water partition coefficient (Wildman–Crippen LogP) is 6.63. The van der Waals surface area contributed by atoms with E-state index in [-0.39, 0.29) is 11.7 Å². The standard InChI is InChI=1S/C27H25FN4O/c1-4-20(3)32(25-12-8-22(28)9-13-25)26-18-21(7-6-19(26)2)27(33)30-23-10-14-24(15-11-23)31-17-5-16-29-31/h4-18H,1-3H3,(H,30,33)/b20-4-. The summed E-state index contributed by atoms with van der Waals surface area (Å²) in [6.45, 7) is 5.92. The Morgan fingerprint density at radius 3 is 2.42 bits per heavy atom. The van der Waals surface area contributed by atoms with E-state index in [2.05, 4.69) is 10.4 Å². The van der Waals surface area contributed by atoms with Crippen molar-refractivity contribution in [1.82, 2.24) is 9.78 Å². The molecule has 0 aliphatic heterocycles. The number of allylic oxidation sites excluding steroid dienone is 2. The number of aromatic nitrogens is 2. The van der Waals surface area contributed by atoms with E-state index in [4.69, 9.17) is 0 Å². The highest BCUT2D eigenvalue weighted by Crippen LogP contribution is 2.33. The quantitative estimate of drug-likeness (QED) is 0.366. The third-order valence-corrected chi connectivity index (χ3v) is 5.46. The summed E-state index contributed by atoms with van der Waals surface area (Å²) < 4.78 is 15.3. The van der Waals surface area contributed by atoms with E-state index in [9.17, 15) is 9.18 Å². The molecule has 0 bridgehead atoms. The van der Waals surface area contributed by atoms with Crippen molar-refractivity contribution >= 4 is 23.0 Å². The molecule has 0 radical (unpaired) electrons. The lowest BCUT2D eigenvalue weighted by molar-refractivity contribution is 0.102. The Morgan fingerprint density at radius 1 is 1.06 bits per heavy atom. The van der Waals surface area contributed by atoms with Gasteiger partial charge in [-0.3, -0.25) is 4.79 Å². The number of anilines is 3. The first-order valence-corrected chi connectivity index (χ1v) is 10.7. The summed E-state index contributed by atoms with van der Waals surface area (Å²) in [5.74, 6) is -0.500. The third kappa shape index (κ3) is 4.85. The van der Waals surface area contributed by atoms with E-state index in [1.165, 1.54) is 12.1 Å². The van der Waals surface area contributed by atoms with E-state index in [1.54, 1.807) is 29.1 Å². The predicted molar refractivity (Wildman–Crippen MR) is 131 cm³/mol. The van der Waals surface area contributed by atoms with Crippen molar-refractivity contribution in [2.45, 2.75) is 20.8 Å². The van der Waals surface area contributed by atoms with Crippen LogP contribution in [-0.2, 0) is 0 Å². The number of hydrogen-bond donors (Lipinski definition) is 1. The number of nitrogens with one attached hydrogen (secondary N) is 1. The first-order valence-electron chi connectivity index (χ1n) is 10.7. The maximum atomic E-state index is 13.5. The second-order valence-corrected chi connectivity index (χ2v) is 7.69. The zero-order valence-electron chi connectivity index (χ0n) is 18.8. The Balaban J connectivity index is 1.61. The molecule has 0 unspecified atom stereocenters. The van der Waals surface area contributed by atoms with Gasteiger partial charge < -0.3 is 10.2 Å². The van der Waals surface area contributed by atoms with Crippen LogP contribution >= 0.6 is 0 Å². The van der Waals surface area contributed by atoms with Crippen LogP contribution in [0.5, 0.6) is 0 Å². The SMILES string of the molecule is C/C=C(/C)N(c1ccc(F)cc1)c1cc(C(=O)Nc2ccc(-n3cccn3)cc2)ccc1C. The van der Waals surface area contributed by atoms with Gasteiger partial charge in [0, 0.05) is 40.7 Å². The van der Waals surface area contributed by atoms with Gasteiger partial charge in [0.25, 0.3) is 5.91 Å². The lowest BCUT2D eigenvalue weighted by atomic mass is 10.1. The molecule has 0 spiro atoms. The molecule has 166 valence electrons. The van der Waals surface area contributed by atoms with Crippen molar-refractivity contribution in [2.24, 2.45) is 0 Å². The maximum Gasteiger partial charge on any atom is 0.255 e. The molecule has 1 aromatic heterocycles. The fourth-order valence-electron chi connectivity index (χ4n) is 3.57. The lowest BCUT2D eigenvalue weighted by Crippen LogP contribution is -2.18. The highest BCUT2D eigenvalue weighted by molar-refractivity contribution is 6.05. The van der Waals surface area contributed by atoms with Gasteiger partial charge in [-0.2, -0.15) is 5.10 Å². The Hall–Kier alpha value is -4.19. The molecule has 1 amide bonds. The van der Waals surface area contributed by atoms with Gasteiger partial charge in [0.05, 0.1) is 5.69 Å². The molecule has 0 fully saturated rings. The zero-order valence-corrected chi connectivity index (χ0v) is 18.8. The van der Waals surface area contributed by atoms with Crippen LogP contribution in [0.1, 0.15) is 29.8 Å². The molecule has 4 rings (SSSR count).